The number of aromatic nitrogens is 3. The van der Waals surface area contributed by atoms with E-state index in [4.69, 9.17) is 4.74 Å². The summed E-state index contributed by atoms with van der Waals surface area (Å²) in [6, 6.07) is 24.0. The summed E-state index contributed by atoms with van der Waals surface area (Å²) in [5.41, 5.74) is 2.63. The van der Waals surface area contributed by atoms with Gasteiger partial charge in [0, 0.05) is 11.3 Å². The molecule has 1 amide bonds. The highest BCUT2D eigenvalue weighted by Gasteiger charge is 2.16. The van der Waals surface area contributed by atoms with Crippen LogP contribution in [0.25, 0.3) is 11.4 Å². The van der Waals surface area contributed by atoms with Crippen LogP contribution in [-0.4, -0.2) is 38.6 Å². The van der Waals surface area contributed by atoms with Crippen molar-refractivity contribution in [2.75, 3.05) is 18.2 Å². The number of carbonyl (C=O) groups excluding carboxylic acids is 1. The molecule has 0 unspecified atom stereocenters. The number of phenolic OH excluding ortho intramolecular Hbond substituents is 1. The fourth-order valence-electron chi connectivity index (χ4n) is 3.13. The molecule has 4 rings (SSSR count). The normalized spacial score (nSPS) is 10.7. The molecular weight excluding hydrogens is 424 g/mol. The molecule has 0 aliphatic heterocycles. The molecule has 7 nitrogen and oxygen atoms in total. The molecule has 1 aromatic heterocycles. The Labute approximate surface area is 190 Å². The summed E-state index contributed by atoms with van der Waals surface area (Å²) < 4.78 is 7.12. The van der Waals surface area contributed by atoms with Gasteiger partial charge in [-0.1, -0.05) is 42.1 Å². The molecule has 0 saturated carbocycles. The van der Waals surface area contributed by atoms with Gasteiger partial charge in [0.1, 0.15) is 11.5 Å². The van der Waals surface area contributed by atoms with Gasteiger partial charge in [-0.3, -0.25) is 9.36 Å². The number of anilines is 1. The average Bonchev–Trinajstić information content (AvgIpc) is 3.21. The maximum Gasteiger partial charge on any atom is 0.234 e. The van der Waals surface area contributed by atoms with E-state index in [-0.39, 0.29) is 17.4 Å². The molecule has 3 aromatic carbocycles. The third kappa shape index (κ3) is 5.28. The molecule has 0 aliphatic rings. The van der Waals surface area contributed by atoms with Crippen LogP contribution in [0.2, 0.25) is 0 Å². The van der Waals surface area contributed by atoms with Crippen molar-refractivity contribution in [2.24, 2.45) is 0 Å². The smallest absolute Gasteiger partial charge is 0.234 e. The van der Waals surface area contributed by atoms with Gasteiger partial charge in [0.25, 0.3) is 0 Å². The molecule has 0 atom stereocenters. The molecule has 0 radical (unpaired) electrons. The van der Waals surface area contributed by atoms with Crippen molar-refractivity contribution in [1.82, 2.24) is 14.8 Å². The van der Waals surface area contributed by atoms with Gasteiger partial charge in [0.2, 0.25) is 5.91 Å². The Kier molecular flexibility index (Phi) is 6.72. The highest BCUT2D eigenvalue weighted by Crippen LogP contribution is 2.26. The molecule has 0 spiro atoms. The summed E-state index contributed by atoms with van der Waals surface area (Å²) in [4.78, 5) is 12.5. The predicted molar refractivity (Wildman–Crippen MR) is 125 cm³/mol. The molecule has 32 heavy (non-hydrogen) atoms. The van der Waals surface area contributed by atoms with Gasteiger partial charge < -0.3 is 15.2 Å². The Morgan fingerprint density at radius 2 is 1.72 bits per heavy atom. The number of methoxy groups -OCH3 is 1. The van der Waals surface area contributed by atoms with Crippen LogP contribution in [0.15, 0.2) is 84.0 Å². The van der Waals surface area contributed by atoms with E-state index in [2.05, 4.69) is 15.5 Å². The summed E-state index contributed by atoms with van der Waals surface area (Å²) in [7, 11) is 1.60. The van der Waals surface area contributed by atoms with Crippen molar-refractivity contribution in [2.45, 2.75) is 11.7 Å². The van der Waals surface area contributed by atoms with E-state index in [0.717, 1.165) is 16.9 Å². The summed E-state index contributed by atoms with van der Waals surface area (Å²) in [5.74, 6) is 1.64. The van der Waals surface area contributed by atoms with E-state index in [9.17, 15) is 9.90 Å². The summed E-state index contributed by atoms with van der Waals surface area (Å²) in [6.07, 6.45) is 0. The van der Waals surface area contributed by atoms with Crippen LogP contribution in [-0.2, 0) is 11.3 Å². The predicted octanol–water partition coefficient (Wildman–Crippen LogP) is 4.44. The number of benzene rings is 3. The molecular formula is C24H22N4O3S. The highest BCUT2D eigenvalue weighted by molar-refractivity contribution is 7.99. The number of phenols is 1. The molecule has 4 aromatic rings. The summed E-state index contributed by atoms with van der Waals surface area (Å²) >= 11 is 1.32. The number of ether oxygens (including phenoxy) is 1. The van der Waals surface area contributed by atoms with Gasteiger partial charge in [-0.05, 0) is 54.1 Å². The zero-order valence-corrected chi connectivity index (χ0v) is 18.2. The van der Waals surface area contributed by atoms with E-state index in [1.165, 1.54) is 11.8 Å². The standard InChI is InChI=1S/C24H22N4O3S/c1-31-21-13-9-19(10-14-21)25-22(30)16-32-24-27-26-23(18-7-11-20(29)12-8-18)28(24)15-17-5-3-2-4-6-17/h2-14,29H,15-16H2,1H3,(H,25,30). The first-order valence-corrected chi connectivity index (χ1v) is 10.9. The number of aromatic hydroxyl groups is 1. The van der Waals surface area contributed by atoms with Crippen LogP contribution in [0.3, 0.4) is 0 Å². The minimum absolute atomic E-state index is 0.138. The maximum absolute atomic E-state index is 12.5. The zero-order chi connectivity index (χ0) is 22.3. The highest BCUT2D eigenvalue weighted by atomic mass is 32.2. The second-order valence-corrected chi connectivity index (χ2v) is 7.93. The molecule has 162 valence electrons. The Morgan fingerprint density at radius 1 is 1.00 bits per heavy atom. The second kappa shape index (κ2) is 10.0. The molecule has 0 fully saturated rings. The van der Waals surface area contributed by atoms with Crippen molar-refractivity contribution in [3.63, 3.8) is 0 Å². The molecule has 2 N–H and O–H groups in total. The first-order chi connectivity index (χ1) is 15.6. The largest absolute Gasteiger partial charge is 0.508 e. The lowest BCUT2D eigenvalue weighted by Crippen LogP contribution is -2.14. The third-order valence-electron chi connectivity index (χ3n) is 4.73. The van der Waals surface area contributed by atoms with E-state index < -0.39 is 0 Å². The van der Waals surface area contributed by atoms with Gasteiger partial charge in [-0.2, -0.15) is 0 Å². The molecule has 8 heteroatoms. The minimum atomic E-state index is -0.138. The van der Waals surface area contributed by atoms with Gasteiger partial charge >= 0.3 is 0 Å². The zero-order valence-electron chi connectivity index (χ0n) is 17.4. The van der Waals surface area contributed by atoms with Gasteiger partial charge in [-0.25, -0.2) is 0 Å². The van der Waals surface area contributed by atoms with E-state index in [0.29, 0.717) is 23.2 Å². The Balaban J connectivity index is 1.51. The topological polar surface area (TPSA) is 89.3 Å². The lowest BCUT2D eigenvalue weighted by molar-refractivity contribution is -0.113. The van der Waals surface area contributed by atoms with Crippen molar-refractivity contribution in [1.29, 1.82) is 0 Å². The van der Waals surface area contributed by atoms with Crippen LogP contribution in [0.5, 0.6) is 11.5 Å². The van der Waals surface area contributed by atoms with Crippen LogP contribution in [0.4, 0.5) is 5.69 Å². The maximum atomic E-state index is 12.5. The fraction of sp³-hybridized carbons (Fsp3) is 0.125. The Morgan fingerprint density at radius 3 is 2.41 bits per heavy atom. The van der Waals surface area contributed by atoms with Crippen LogP contribution in [0, 0.1) is 0 Å². The second-order valence-electron chi connectivity index (χ2n) is 6.99. The molecule has 0 saturated heterocycles. The summed E-state index contributed by atoms with van der Waals surface area (Å²) in [5, 5.41) is 21.8. The molecule has 1 heterocycles. The fourth-order valence-corrected chi connectivity index (χ4v) is 3.87. The van der Waals surface area contributed by atoms with Gasteiger partial charge in [0.05, 0.1) is 19.4 Å². The average molecular weight is 447 g/mol. The Hall–Kier alpha value is -3.78. The van der Waals surface area contributed by atoms with E-state index >= 15 is 0 Å². The number of thioether (sulfide) groups is 1. The van der Waals surface area contributed by atoms with Crippen LogP contribution >= 0.6 is 11.8 Å². The number of amides is 1. The lowest BCUT2D eigenvalue weighted by Gasteiger charge is -2.11. The monoisotopic (exact) mass is 446 g/mol. The number of nitrogens with one attached hydrogen (secondary N) is 1. The lowest BCUT2D eigenvalue weighted by atomic mass is 10.2. The Bertz CT molecular complexity index is 1180. The van der Waals surface area contributed by atoms with E-state index in [1.54, 1.807) is 55.6 Å². The first kappa shape index (κ1) is 21.5. The number of nitrogens with zero attached hydrogens (tertiary/aromatic N) is 3. The minimum Gasteiger partial charge on any atom is -0.508 e. The number of rotatable bonds is 8. The SMILES string of the molecule is COc1ccc(NC(=O)CSc2nnc(-c3ccc(O)cc3)n2Cc2ccccc2)cc1. The number of hydrogen-bond donors (Lipinski definition) is 2. The first-order valence-electron chi connectivity index (χ1n) is 9.95. The van der Waals surface area contributed by atoms with Gasteiger partial charge in [0.15, 0.2) is 11.0 Å². The third-order valence-corrected chi connectivity index (χ3v) is 5.70. The number of hydrogen-bond acceptors (Lipinski definition) is 6. The number of carbonyl (C=O) groups is 1. The van der Waals surface area contributed by atoms with Crippen LogP contribution in [0.1, 0.15) is 5.56 Å². The van der Waals surface area contributed by atoms with Crippen molar-refractivity contribution in [3.8, 4) is 22.9 Å². The summed E-state index contributed by atoms with van der Waals surface area (Å²) in [6.45, 7) is 0.562. The van der Waals surface area contributed by atoms with E-state index in [1.807, 2.05) is 34.9 Å². The molecule has 0 aliphatic carbocycles. The van der Waals surface area contributed by atoms with Crippen molar-refractivity contribution in [3.05, 3.63) is 84.4 Å². The molecule has 0 bridgehead atoms. The quantitative estimate of drug-likeness (QED) is 0.389. The van der Waals surface area contributed by atoms with Crippen molar-refractivity contribution < 1.29 is 14.6 Å². The van der Waals surface area contributed by atoms with Crippen LogP contribution < -0.4 is 10.1 Å². The van der Waals surface area contributed by atoms with Crippen molar-refractivity contribution >= 4 is 23.4 Å². The van der Waals surface area contributed by atoms with Gasteiger partial charge in [-0.15, -0.1) is 10.2 Å².